The smallest absolute Gasteiger partial charge is 0.411 e. The standard InChI is InChI=1S/C15H23N3O4/c1-6-21-13(19)12-11-10(16-9-17(11)5)7-8-18(12)14(20)22-15(2,3)4/h9,12H,6-8H2,1-5H3/t12-/m0/s1. The minimum atomic E-state index is -0.814. The fourth-order valence-corrected chi connectivity index (χ4v) is 2.51. The minimum absolute atomic E-state index is 0.255. The Kier molecular flexibility index (Phi) is 4.44. The second-order valence-electron chi connectivity index (χ2n) is 6.27. The number of aromatic nitrogens is 2. The van der Waals surface area contributed by atoms with Crippen molar-refractivity contribution in [3.05, 3.63) is 17.7 Å². The molecule has 0 aromatic carbocycles. The van der Waals surface area contributed by atoms with E-state index in [9.17, 15) is 9.59 Å². The van der Waals surface area contributed by atoms with Crippen molar-refractivity contribution in [2.24, 2.45) is 7.05 Å². The lowest BCUT2D eigenvalue weighted by atomic mass is 10.0. The van der Waals surface area contributed by atoms with E-state index >= 15 is 0 Å². The van der Waals surface area contributed by atoms with E-state index in [1.807, 2.05) is 0 Å². The number of esters is 1. The second kappa shape index (κ2) is 5.98. The van der Waals surface area contributed by atoms with Crippen molar-refractivity contribution in [3.8, 4) is 0 Å². The Bertz CT molecular complexity index is 574. The average Bonchev–Trinajstić information content (AvgIpc) is 2.78. The molecule has 1 aromatic rings. The Morgan fingerprint density at radius 1 is 1.41 bits per heavy atom. The first-order valence-corrected chi connectivity index (χ1v) is 7.41. The molecule has 0 unspecified atom stereocenters. The molecule has 1 aromatic heterocycles. The largest absolute Gasteiger partial charge is 0.464 e. The first-order chi connectivity index (χ1) is 10.2. The summed E-state index contributed by atoms with van der Waals surface area (Å²) >= 11 is 0. The van der Waals surface area contributed by atoms with Crippen LogP contribution in [-0.4, -0.2) is 45.3 Å². The molecule has 2 rings (SSSR count). The fraction of sp³-hybridized carbons (Fsp3) is 0.667. The highest BCUT2D eigenvalue weighted by atomic mass is 16.6. The van der Waals surface area contributed by atoms with Crippen LogP contribution >= 0.6 is 0 Å². The number of imidazole rings is 1. The number of hydrogen-bond donors (Lipinski definition) is 0. The van der Waals surface area contributed by atoms with Gasteiger partial charge in [-0.25, -0.2) is 14.6 Å². The summed E-state index contributed by atoms with van der Waals surface area (Å²) < 4.78 is 12.3. The first-order valence-electron chi connectivity index (χ1n) is 7.41. The number of aryl methyl sites for hydroxylation is 1. The number of ether oxygens (including phenoxy) is 2. The van der Waals surface area contributed by atoms with Gasteiger partial charge in [-0.05, 0) is 27.7 Å². The van der Waals surface area contributed by atoms with E-state index < -0.39 is 23.7 Å². The minimum Gasteiger partial charge on any atom is -0.464 e. The molecule has 0 aliphatic carbocycles. The maximum atomic E-state index is 12.4. The van der Waals surface area contributed by atoms with Gasteiger partial charge in [0, 0.05) is 20.0 Å². The van der Waals surface area contributed by atoms with Crippen LogP contribution in [0.1, 0.15) is 45.1 Å². The molecule has 0 fully saturated rings. The quantitative estimate of drug-likeness (QED) is 0.779. The summed E-state index contributed by atoms with van der Waals surface area (Å²) in [6, 6.07) is -0.814. The van der Waals surface area contributed by atoms with Crippen molar-refractivity contribution < 1.29 is 19.1 Å². The van der Waals surface area contributed by atoms with Crippen LogP contribution in [0.4, 0.5) is 4.79 Å². The molecule has 7 heteroatoms. The number of hydrogen-bond acceptors (Lipinski definition) is 5. The number of carbonyl (C=O) groups is 2. The summed E-state index contributed by atoms with van der Waals surface area (Å²) in [5.74, 6) is -0.460. The van der Waals surface area contributed by atoms with Gasteiger partial charge in [-0.1, -0.05) is 0 Å². The fourth-order valence-electron chi connectivity index (χ4n) is 2.51. The molecule has 0 saturated heterocycles. The molecule has 22 heavy (non-hydrogen) atoms. The molecule has 1 atom stereocenters. The average molecular weight is 309 g/mol. The van der Waals surface area contributed by atoms with Crippen LogP contribution in [0, 0.1) is 0 Å². The number of nitrogens with zero attached hydrogens (tertiary/aromatic N) is 3. The molecule has 1 amide bonds. The highest BCUT2D eigenvalue weighted by Gasteiger charge is 2.41. The van der Waals surface area contributed by atoms with Crippen molar-refractivity contribution in [2.75, 3.05) is 13.2 Å². The highest BCUT2D eigenvalue weighted by molar-refractivity contribution is 5.83. The van der Waals surface area contributed by atoms with Crippen LogP contribution in [0.2, 0.25) is 0 Å². The van der Waals surface area contributed by atoms with Gasteiger partial charge in [0.2, 0.25) is 0 Å². The van der Waals surface area contributed by atoms with Gasteiger partial charge in [-0.3, -0.25) is 4.90 Å². The Labute approximate surface area is 130 Å². The van der Waals surface area contributed by atoms with Gasteiger partial charge in [0.05, 0.1) is 24.3 Å². The summed E-state index contributed by atoms with van der Waals surface area (Å²) in [5, 5.41) is 0. The summed E-state index contributed by atoms with van der Waals surface area (Å²) in [5.41, 5.74) is 0.888. The zero-order valence-corrected chi connectivity index (χ0v) is 13.8. The maximum absolute atomic E-state index is 12.4. The molecule has 1 aliphatic rings. The van der Waals surface area contributed by atoms with E-state index in [2.05, 4.69) is 4.98 Å². The van der Waals surface area contributed by atoms with Crippen LogP contribution < -0.4 is 0 Å². The van der Waals surface area contributed by atoms with E-state index in [0.717, 1.165) is 5.69 Å². The van der Waals surface area contributed by atoms with Crippen LogP contribution in [0.5, 0.6) is 0 Å². The zero-order valence-electron chi connectivity index (χ0n) is 13.8. The van der Waals surface area contributed by atoms with Crippen molar-refractivity contribution in [2.45, 2.75) is 45.8 Å². The molecule has 0 spiro atoms. The van der Waals surface area contributed by atoms with Gasteiger partial charge >= 0.3 is 12.1 Å². The van der Waals surface area contributed by atoms with Crippen LogP contribution in [0.25, 0.3) is 0 Å². The lowest BCUT2D eigenvalue weighted by Gasteiger charge is -2.35. The third-order valence-electron chi connectivity index (χ3n) is 3.36. The predicted molar refractivity (Wildman–Crippen MR) is 79.2 cm³/mol. The molecule has 2 heterocycles. The van der Waals surface area contributed by atoms with Crippen molar-refractivity contribution >= 4 is 12.1 Å². The number of carbonyl (C=O) groups excluding carboxylic acids is 2. The topological polar surface area (TPSA) is 73.7 Å². The third kappa shape index (κ3) is 3.23. The molecule has 1 aliphatic heterocycles. The number of amides is 1. The van der Waals surface area contributed by atoms with Gasteiger partial charge in [0.1, 0.15) is 5.60 Å². The van der Waals surface area contributed by atoms with E-state index in [4.69, 9.17) is 9.47 Å². The second-order valence-corrected chi connectivity index (χ2v) is 6.27. The van der Waals surface area contributed by atoms with Gasteiger partial charge < -0.3 is 14.0 Å². The van der Waals surface area contributed by atoms with Crippen molar-refractivity contribution in [1.29, 1.82) is 0 Å². The Hall–Kier alpha value is -2.05. The van der Waals surface area contributed by atoms with Crippen LogP contribution in [-0.2, 0) is 27.7 Å². The molecule has 0 saturated carbocycles. The van der Waals surface area contributed by atoms with Gasteiger partial charge in [0.15, 0.2) is 6.04 Å². The summed E-state index contributed by atoms with van der Waals surface area (Å²) in [6.45, 7) is 7.76. The Morgan fingerprint density at radius 2 is 2.09 bits per heavy atom. The number of fused-ring (bicyclic) bond motifs is 1. The zero-order chi connectivity index (χ0) is 16.5. The molecular weight excluding hydrogens is 286 g/mol. The van der Waals surface area contributed by atoms with Gasteiger partial charge in [-0.15, -0.1) is 0 Å². The highest BCUT2D eigenvalue weighted by Crippen LogP contribution is 2.31. The van der Waals surface area contributed by atoms with Gasteiger partial charge in [-0.2, -0.15) is 0 Å². The van der Waals surface area contributed by atoms with E-state index in [-0.39, 0.29) is 6.61 Å². The molecule has 0 radical (unpaired) electrons. The molecule has 122 valence electrons. The van der Waals surface area contributed by atoms with Crippen LogP contribution in [0.15, 0.2) is 6.33 Å². The normalized spacial score (nSPS) is 17.9. The maximum Gasteiger partial charge on any atom is 0.411 e. The van der Waals surface area contributed by atoms with E-state index in [0.29, 0.717) is 18.7 Å². The monoisotopic (exact) mass is 309 g/mol. The SMILES string of the molecule is CCOC(=O)[C@@H]1c2c(ncn2C)CCN1C(=O)OC(C)(C)C. The van der Waals surface area contributed by atoms with Crippen LogP contribution in [0.3, 0.4) is 0 Å². The molecule has 0 N–H and O–H groups in total. The van der Waals surface area contributed by atoms with Gasteiger partial charge in [0.25, 0.3) is 0 Å². The molecular formula is C15H23N3O4. The summed E-state index contributed by atoms with van der Waals surface area (Å²) in [4.78, 5) is 30.5. The Balaban J connectivity index is 2.35. The lowest BCUT2D eigenvalue weighted by Crippen LogP contribution is -2.46. The van der Waals surface area contributed by atoms with E-state index in [1.165, 1.54) is 4.90 Å². The first kappa shape index (κ1) is 16.3. The van der Waals surface area contributed by atoms with Crippen molar-refractivity contribution in [1.82, 2.24) is 14.5 Å². The third-order valence-corrected chi connectivity index (χ3v) is 3.36. The predicted octanol–water partition coefficient (Wildman–Crippen LogP) is 1.82. The number of rotatable bonds is 2. The summed E-state index contributed by atoms with van der Waals surface area (Å²) in [7, 11) is 1.80. The van der Waals surface area contributed by atoms with E-state index in [1.54, 1.807) is 45.6 Å². The summed E-state index contributed by atoms with van der Waals surface area (Å²) in [6.07, 6.45) is 1.72. The van der Waals surface area contributed by atoms with Crippen molar-refractivity contribution in [3.63, 3.8) is 0 Å². The lowest BCUT2D eigenvalue weighted by molar-refractivity contribution is -0.150. The Morgan fingerprint density at radius 3 is 2.68 bits per heavy atom. The molecule has 0 bridgehead atoms. The molecule has 7 nitrogen and oxygen atoms in total.